The minimum absolute atomic E-state index is 0.542. The van der Waals surface area contributed by atoms with Crippen LogP contribution in [0.2, 0.25) is 0 Å². The monoisotopic (exact) mass is 200 g/mol. The van der Waals surface area contributed by atoms with Crippen molar-refractivity contribution >= 4 is 0 Å². The minimum atomic E-state index is 0.542. The molecule has 0 aromatic rings. The molecular weight excluding hydrogens is 176 g/mol. The fourth-order valence-electron chi connectivity index (χ4n) is 1.86. The summed E-state index contributed by atoms with van der Waals surface area (Å²) < 4.78 is 5.44. The van der Waals surface area contributed by atoms with E-state index < -0.39 is 0 Å². The Hall–Kier alpha value is -0.120. The first kappa shape index (κ1) is 12.0. The summed E-state index contributed by atoms with van der Waals surface area (Å²) in [5.74, 6) is 0. The van der Waals surface area contributed by atoms with Crippen LogP contribution >= 0.6 is 0 Å². The normalized spacial score (nSPS) is 25.7. The van der Waals surface area contributed by atoms with Gasteiger partial charge in [0.15, 0.2) is 0 Å². The minimum Gasteiger partial charge on any atom is -0.379 e. The summed E-state index contributed by atoms with van der Waals surface area (Å²) >= 11 is 0. The third kappa shape index (κ3) is 3.56. The maximum Gasteiger partial charge on any atom is 0.0620 e. The molecule has 84 valence electrons. The van der Waals surface area contributed by atoms with Gasteiger partial charge in [0.2, 0.25) is 0 Å². The van der Waals surface area contributed by atoms with E-state index >= 15 is 0 Å². The summed E-state index contributed by atoms with van der Waals surface area (Å²) in [6.45, 7) is 9.50. The zero-order valence-corrected chi connectivity index (χ0v) is 9.92. The molecule has 1 fully saturated rings. The van der Waals surface area contributed by atoms with E-state index in [0.29, 0.717) is 18.1 Å². The predicted molar refractivity (Wildman–Crippen MR) is 59.6 cm³/mol. The van der Waals surface area contributed by atoms with Gasteiger partial charge < -0.3 is 15.0 Å². The van der Waals surface area contributed by atoms with Crippen LogP contribution in [-0.2, 0) is 4.74 Å². The first-order valence-corrected chi connectivity index (χ1v) is 5.64. The van der Waals surface area contributed by atoms with E-state index in [1.165, 1.54) is 6.42 Å². The molecule has 1 heterocycles. The fourth-order valence-corrected chi connectivity index (χ4v) is 1.86. The van der Waals surface area contributed by atoms with Crippen molar-refractivity contribution in [3.8, 4) is 0 Å². The van der Waals surface area contributed by atoms with E-state index in [2.05, 4.69) is 38.0 Å². The average Bonchev–Trinajstić information content (AvgIpc) is 2.18. The molecule has 1 rings (SSSR count). The summed E-state index contributed by atoms with van der Waals surface area (Å²) in [6, 6.07) is 1.78. The molecule has 1 saturated heterocycles. The molecule has 1 aliphatic heterocycles. The maximum absolute atomic E-state index is 5.44. The van der Waals surface area contributed by atoms with Gasteiger partial charge >= 0.3 is 0 Å². The number of ether oxygens (including phenoxy) is 1. The van der Waals surface area contributed by atoms with Gasteiger partial charge in [0.25, 0.3) is 0 Å². The van der Waals surface area contributed by atoms with Crippen LogP contribution in [0.4, 0.5) is 0 Å². The van der Waals surface area contributed by atoms with Crippen molar-refractivity contribution in [1.82, 2.24) is 10.2 Å². The smallest absolute Gasteiger partial charge is 0.0620 e. The quantitative estimate of drug-likeness (QED) is 0.735. The van der Waals surface area contributed by atoms with Gasteiger partial charge in [0.1, 0.15) is 0 Å². The average molecular weight is 200 g/mol. The summed E-state index contributed by atoms with van der Waals surface area (Å²) in [4.78, 5) is 2.41. The summed E-state index contributed by atoms with van der Waals surface area (Å²) in [5, 5.41) is 3.49. The van der Waals surface area contributed by atoms with Crippen LogP contribution in [0.3, 0.4) is 0 Å². The molecule has 3 nitrogen and oxygen atoms in total. The van der Waals surface area contributed by atoms with Gasteiger partial charge in [-0.05, 0) is 34.2 Å². The first-order chi connectivity index (χ1) is 6.61. The number of hydrogen-bond acceptors (Lipinski definition) is 3. The van der Waals surface area contributed by atoms with Gasteiger partial charge in [0.05, 0.1) is 13.2 Å². The second kappa shape index (κ2) is 5.69. The summed E-state index contributed by atoms with van der Waals surface area (Å²) in [5.41, 5.74) is 0. The topological polar surface area (TPSA) is 24.5 Å². The van der Waals surface area contributed by atoms with Crippen LogP contribution in [0, 0.1) is 0 Å². The Morgan fingerprint density at radius 2 is 2.14 bits per heavy atom. The standard InChI is InChI=1S/C11H24N2O/c1-9(2)13(4)10(3)7-11-8-14-6-5-12-11/h9-12H,5-8H2,1-4H3. The van der Waals surface area contributed by atoms with E-state index in [4.69, 9.17) is 4.74 Å². The van der Waals surface area contributed by atoms with E-state index in [-0.39, 0.29) is 0 Å². The summed E-state index contributed by atoms with van der Waals surface area (Å²) in [7, 11) is 2.19. The third-order valence-electron chi connectivity index (χ3n) is 3.13. The van der Waals surface area contributed by atoms with E-state index in [9.17, 15) is 0 Å². The lowest BCUT2D eigenvalue weighted by Crippen LogP contribution is -2.46. The molecule has 2 atom stereocenters. The molecule has 0 radical (unpaired) electrons. The molecule has 1 aliphatic rings. The van der Waals surface area contributed by atoms with Crippen molar-refractivity contribution in [3.63, 3.8) is 0 Å². The number of morpholine rings is 1. The largest absolute Gasteiger partial charge is 0.379 e. The molecule has 14 heavy (non-hydrogen) atoms. The highest BCUT2D eigenvalue weighted by molar-refractivity contribution is 4.77. The van der Waals surface area contributed by atoms with Crippen LogP contribution in [-0.4, -0.2) is 49.8 Å². The molecule has 0 bridgehead atoms. The van der Waals surface area contributed by atoms with Crippen molar-refractivity contribution < 1.29 is 4.74 Å². The molecule has 0 saturated carbocycles. The molecule has 2 unspecified atom stereocenters. The van der Waals surface area contributed by atoms with Crippen LogP contribution < -0.4 is 5.32 Å². The number of nitrogens with zero attached hydrogens (tertiary/aromatic N) is 1. The van der Waals surface area contributed by atoms with Crippen molar-refractivity contribution in [2.24, 2.45) is 0 Å². The molecule has 0 spiro atoms. The van der Waals surface area contributed by atoms with Crippen LogP contribution in [0.15, 0.2) is 0 Å². The second-order valence-electron chi connectivity index (χ2n) is 4.57. The Morgan fingerprint density at radius 3 is 2.64 bits per heavy atom. The first-order valence-electron chi connectivity index (χ1n) is 5.64. The maximum atomic E-state index is 5.44. The van der Waals surface area contributed by atoms with Crippen molar-refractivity contribution in [3.05, 3.63) is 0 Å². The zero-order chi connectivity index (χ0) is 10.6. The summed E-state index contributed by atoms with van der Waals surface area (Å²) in [6.07, 6.45) is 1.18. The highest BCUT2D eigenvalue weighted by Crippen LogP contribution is 2.10. The van der Waals surface area contributed by atoms with Gasteiger partial charge in [-0.3, -0.25) is 0 Å². The predicted octanol–water partition coefficient (Wildman–Crippen LogP) is 1.09. The Bertz CT molecular complexity index is 155. The molecule has 0 aromatic heterocycles. The fraction of sp³-hybridized carbons (Fsp3) is 1.00. The van der Waals surface area contributed by atoms with Crippen molar-refractivity contribution in [1.29, 1.82) is 0 Å². The third-order valence-corrected chi connectivity index (χ3v) is 3.13. The Kier molecular flexibility index (Phi) is 4.85. The van der Waals surface area contributed by atoms with E-state index in [1.807, 2.05) is 0 Å². The highest BCUT2D eigenvalue weighted by atomic mass is 16.5. The SMILES string of the molecule is CC(C)N(C)C(C)CC1COCCN1. The lowest BCUT2D eigenvalue weighted by atomic mass is 10.1. The molecule has 0 aromatic carbocycles. The van der Waals surface area contributed by atoms with Gasteiger partial charge in [-0.25, -0.2) is 0 Å². The molecule has 0 aliphatic carbocycles. The Balaban J connectivity index is 2.27. The molecule has 3 heteroatoms. The lowest BCUT2D eigenvalue weighted by molar-refractivity contribution is 0.0617. The molecule has 0 amide bonds. The number of nitrogens with one attached hydrogen (secondary N) is 1. The van der Waals surface area contributed by atoms with E-state index in [0.717, 1.165) is 19.8 Å². The molecular formula is C11H24N2O. The Morgan fingerprint density at radius 1 is 1.43 bits per heavy atom. The van der Waals surface area contributed by atoms with Gasteiger partial charge in [-0.2, -0.15) is 0 Å². The van der Waals surface area contributed by atoms with Gasteiger partial charge in [0, 0.05) is 24.7 Å². The second-order valence-corrected chi connectivity index (χ2v) is 4.57. The van der Waals surface area contributed by atoms with Gasteiger partial charge in [-0.1, -0.05) is 0 Å². The van der Waals surface area contributed by atoms with Crippen molar-refractivity contribution in [2.75, 3.05) is 26.8 Å². The molecule has 1 N–H and O–H groups in total. The van der Waals surface area contributed by atoms with E-state index in [1.54, 1.807) is 0 Å². The van der Waals surface area contributed by atoms with Crippen molar-refractivity contribution in [2.45, 2.75) is 45.3 Å². The number of rotatable bonds is 4. The lowest BCUT2D eigenvalue weighted by Gasteiger charge is -2.33. The zero-order valence-electron chi connectivity index (χ0n) is 9.92. The van der Waals surface area contributed by atoms with Crippen LogP contribution in [0.5, 0.6) is 0 Å². The Labute approximate surface area is 87.8 Å². The van der Waals surface area contributed by atoms with Gasteiger partial charge in [-0.15, -0.1) is 0 Å². The van der Waals surface area contributed by atoms with Crippen LogP contribution in [0.25, 0.3) is 0 Å². The number of hydrogen-bond donors (Lipinski definition) is 1. The highest BCUT2D eigenvalue weighted by Gasteiger charge is 2.19. The van der Waals surface area contributed by atoms with Crippen LogP contribution in [0.1, 0.15) is 27.2 Å².